The molecule has 0 spiro atoms. The molecule has 1 heterocycles. The van der Waals surface area contributed by atoms with E-state index in [-0.39, 0.29) is 0 Å². The van der Waals surface area contributed by atoms with Crippen molar-refractivity contribution in [2.45, 2.75) is 58.0 Å². The SMILES string of the molecule is CCC1(C)CNC(C(C)C)CN1CC1Cc2ccccc21. The van der Waals surface area contributed by atoms with Gasteiger partial charge in [-0.1, -0.05) is 45.0 Å². The molecule has 0 saturated carbocycles. The van der Waals surface area contributed by atoms with Gasteiger partial charge in [0, 0.05) is 37.1 Å². The van der Waals surface area contributed by atoms with Gasteiger partial charge < -0.3 is 5.32 Å². The number of fused-ring (bicyclic) bond motifs is 1. The minimum atomic E-state index is 0.315. The van der Waals surface area contributed by atoms with E-state index in [1.54, 1.807) is 11.1 Å². The first-order chi connectivity index (χ1) is 10.0. The zero-order valence-electron chi connectivity index (χ0n) is 14.0. The zero-order valence-corrected chi connectivity index (χ0v) is 14.0. The summed E-state index contributed by atoms with van der Waals surface area (Å²) in [4.78, 5) is 2.77. The first-order valence-corrected chi connectivity index (χ1v) is 8.59. The van der Waals surface area contributed by atoms with E-state index in [1.807, 2.05) is 0 Å². The van der Waals surface area contributed by atoms with Gasteiger partial charge in [0.15, 0.2) is 0 Å². The highest BCUT2D eigenvalue weighted by atomic mass is 15.3. The number of benzene rings is 1. The van der Waals surface area contributed by atoms with Gasteiger partial charge in [0.25, 0.3) is 0 Å². The second kappa shape index (κ2) is 5.73. The molecule has 1 aromatic rings. The van der Waals surface area contributed by atoms with Crippen molar-refractivity contribution < 1.29 is 0 Å². The summed E-state index contributed by atoms with van der Waals surface area (Å²) in [5.41, 5.74) is 3.47. The van der Waals surface area contributed by atoms with Crippen LogP contribution in [0.1, 0.15) is 51.2 Å². The Kier molecular flexibility index (Phi) is 4.11. The van der Waals surface area contributed by atoms with Crippen LogP contribution in [0.3, 0.4) is 0 Å². The topological polar surface area (TPSA) is 15.3 Å². The minimum absolute atomic E-state index is 0.315. The lowest BCUT2D eigenvalue weighted by Gasteiger charge is -2.51. The van der Waals surface area contributed by atoms with Gasteiger partial charge in [0.2, 0.25) is 0 Å². The smallest absolute Gasteiger partial charge is 0.0304 e. The number of piperazine rings is 1. The highest BCUT2D eigenvalue weighted by Gasteiger charge is 2.39. The van der Waals surface area contributed by atoms with Gasteiger partial charge >= 0.3 is 0 Å². The Bertz CT molecular complexity index is 496. The maximum atomic E-state index is 3.78. The molecule has 116 valence electrons. The second-order valence-electron chi connectivity index (χ2n) is 7.59. The molecule has 21 heavy (non-hydrogen) atoms. The first kappa shape index (κ1) is 15.1. The van der Waals surface area contributed by atoms with Gasteiger partial charge in [0.05, 0.1) is 0 Å². The fraction of sp³-hybridized carbons (Fsp3) is 0.684. The monoisotopic (exact) mass is 286 g/mol. The van der Waals surface area contributed by atoms with Crippen LogP contribution in [0.5, 0.6) is 0 Å². The Balaban J connectivity index is 1.72. The van der Waals surface area contributed by atoms with Gasteiger partial charge in [0.1, 0.15) is 0 Å². The van der Waals surface area contributed by atoms with E-state index >= 15 is 0 Å². The molecule has 1 fully saturated rings. The molecule has 0 amide bonds. The predicted octanol–water partition coefficient (Wildman–Crippen LogP) is 3.42. The van der Waals surface area contributed by atoms with Crippen molar-refractivity contribution >= 4 is 0 Å². The van der Waals surface area contributed by atoms with Gasteiger partial charge in [-0.05, 0) is 36.8 Å². The van der Waals surface area contributed by atoms with Crippen LogP contribution in [0.15, 0.2) is 24.3 Å². The minimum Gasteiger partial charge on any atom is -0.311 e. The van der Waals surface area contributed by atoms with Crippen LogP contribution in [0.2, 0.25) is 0 Å². The number of hydrogen-bond acceptors (Lipinski definition) is 2. The predicted molar refractivity (Wildman–Crippen MR) is 89.8 cm³/mol. The number of nitrogens with one attached hydrogen (secondary N) is 1. The largest absolute Gasteiger partial charge is 0.311 e. The quantitative estimate of drug-likeness (QED) is 0.912. The van der Waals surface area contributed by atoms with Crippen LogP contribution in [0.4, 0.5) is 0 Å². The zero-order chi connectivity index (χ0) is 15.0. The normalized spacial score (nSPS) is 32.8. The Labute approximate surface area is 129 Å². The summed E-state index contributed by atoms with van der Waals surface area (Å²) in [6, 6.07) is 9.62. The van der Waals surface area contributed by atoms with Crippen LogP contribution < -0.4 is 5.32 Å². The highest BCUT2D eigenvalue weighted by molar-refractivity contribution is 5.40. The lowest BCUT2D eigenvalue weighted by Crippen LogP contribution is -2.65. The van der Waals surface area contributed by atoms with E-state index in [1.165, 1.54) is 25.9 Å². The standard InChI is InChI=1S/C19H30N2/c1-5-19(4)13-20-18(14(2)3)12-21(19)11-16-10-15-8-6-7-9-17(15)16/h6-9,14,16,18,20H,5,10-13H2,1-4H3. The Hall–Kier alpha value is -0.860. The van der Waals surface area contributed by atoms with Crippen molar-refractivity contribution in [1.82, 2.24) is 10.2 Å². The van der Waals surface area contributed by atoms with Crippen LogP contribution in [0.25, 0.3) is 0 Å². The third-order valence-corrected chi connectivity index (χ3v) is 5.89. The Morgan fingerprint density at radius 1 is 1.33 bits per heavy atom. The maximum absolute atomic E-state index is 3.78. The molecule has 2 nitrogen and oxygen atoms in total. The molecule has 0 aromatic heterocycles. The van der Waals surface area contributed by atoms with E-state index < -0.39 is 0 Å². The summed E-state index contributed by atoms with van der Waals surface area (Å²) in [6.07, 6.45) is 2.49. The summed E-state index contributed by atoms with van der Waals surface area (Å²) in [5, 5.41) is 3.78. The number of hydrogen-bond donors (Lipinski definition) is 1. The van der Waals surface area contributed by atoms with Crippen LogP contribution >= 0.6 is 0 Å². The lowest BCUT2D eigenvalue weighted by molar-refractivity contribution is 0.0314. The third kappa shape index (κ3) is 2.76. The summed E-state index contributed by atoms with van der Waals surface area (Å²) in [7, 11) is 0. The molecule has 3 unspecified atom stereocenters. The summed E-state index contributed by atoms with van der Waals surface area (Å²) in [5.74, 6) is 1.46. The fourth-order valence-corrected chi connectivity index (χ4v) is 3.87. The molecule has 2 aliphatic rings. The van der Waals surface area contributed by atoms with Gasteiger partial charge in [-0.25, -0.2) is 0 Å². The van der Waals surface area contributed by atoms with Crippen molar-refractivity contribution in [3.05, 3.63) is 35.4 Å². The van der Waals surface area contributed by atoms with E-state index in [9.17, 15) is 0 Å². The van der Waals surface area contributed by atoms with Crippen molar-refractivity contribution in [2.24, 2.45) is 5.92 Å². The average molecular weight is 286 g/mol. The van der Waals surface area contributed by atoms with Gasteiger partial charge in [-0.15, -0.1) is 0 Å². The number of nitrogens with zero attached hydrogens (tertiary/aromatic N) is 1. The Morgan fingerprint density at radius 2 is 2.10 bits per heavy atom. The van der Waals surface area contributed by atoms with Crippen molar-refractivity contribution in [1.29, 1.82) is 0 Å². The highest BCUT2D eigenvalue weighted by Crippen LogP contribution is 2.37. The van der Waals surface area contributed by atoms with E-state index in [4.69, 9.17) is 0 Å². The molecule has 1 saturated heterocycles. The maximum Gasteiger partial charge on any atom is 0.0304 e. The van der Waals surface area contributed by atoms with Crippen LogP contribution in [0, 0.1) is 5.92 Å². The van der Waals surface area contributed by atoms with Crippen LogP contribution in [-0.4, -0.2) is 36.1 Å². The molecule has 0 bridgehead atoms. The molecule has 0 radical (unpaired) electrons. The van der Waals surface area contributed by atoms with Gasteiger partial charge in [-0.2, -0.15) is 0 Å². The van der Waals surface area contributed by atoms with Crippen LogP contribution in [-0.2, 0) is 6.42 Å². The number of rotatable bonds is 4. The van der Waals surface area contributed by atoms with E-state index in [2.05, 4.69) is 62.2 Å². The molecule has 1 N–H and O–H groups in total. The average Bonchev–Trinajstić information content (AvgIpc) is 2.46. The fourth-order valence-electron chi connectivity index (χ4n) is 3.87. The molecule has 1 aromatic carbocycles. The molecule has 2 heteroatoms. The van der Waals surface area contributed by atoms with E-state index in [0.29, 0.717) is 17.5 Å². The lowest BCUT2D eigenvalue weighted by atomic mass is 9.76. The van der Waals surface area contributed by atoms with Crippen molar-refractivity contribution in [2.75, 3.05) is 19.6 Å². The molecule has 3 atom stereocenters. The molecular formula is C19H30N2. The summed E-state index contributed by atoms with van der Waals surface area (Å²) in [6.45, 7) is 13.0. The van der Waals surface area contributed by atoms with E-state index in [0.717, 1.165) is 12.5 Å². The molecular weight excluding hydrogens is 256 g/mol. The van der Waals surface area contributed by atoms with Crippen molar-refractivity contribution in [3.63, 3.8) is 0 Å². The third-order valence-electron chi connectivity index (χ3n) is 5.89. The second-order valence-corrected chi connectivity index (χ2v) is 7.59. The van der Waals surface area contributed by atoms with Crippen molar-refractivity contribution in [3.8, 4) is 0 Å². The molecule has 1 aliphatic heterocycles. The van der Waals surface area contributed by atoms with Gasteiger partial charge in [-0.3, -0.25) is 4.90 Å². The summed E-state index contributed by atoms with van der Waals surface area (Å²) < 4.78 is 0. The first-order valence-electron chi connectivity index (χ1n) is 8.59. The molecule has 3 rings (SSSR count). The summed E-state index contributed by atoms with van der Waals surface area (Å²) >= 11 is 0. The Morgan fingerprint density at radius 3 is 2.76 bits per heavy atom. The molecule has 1 aliphatic carbocycles.